The van der Waals surface area contributed by atoms with Gasteiger partial charge in [0.2, 0.25) is 0 Å². The summed E-state index contributed by atoms with van der Waals surface area (Å²) in [6.07, 6.45) is 1.74. The van der Waals surface area contributed by atoms with Gasteiger partial charge in [-0.2, -0.15) is 0 Å². The number of fused-ring (bicyclic) bond motifs is 1. The van der Waals surface area contributed by atoms with Crippen molar-refractivity contribution < 1.29 is 4.79 Å². The van der Waals surface area contributed by atoms with Gasteiger partial charge in [0.25, 0.3) is 0 Å². The van der Waals surface area contributed by atoms with Gasteiger partial charge in [0.05, 0.1) is 11.2 Å². The van der Waals surface area contributed by atoms with Gasteiger partial charge in [-0.3, -0.25) is 4.98 Å². The van der Waals surface area contributed by atoms with E-state index in [9.17, 15) is 4.79 Å². The molecule has 3 aromatic rings. The molecule has 1 aromatic heterocycles. The van der Waals surface area contributed by atoms with Crippen molar-refractivity contribution in [3.63, 3.8) is 0 Å². The number of para-hydroxylation sites is 1. The van der Waals surface area contributed by atoms with Crippen LogP contribution < -0.4 is 10.2 Å². The minimum Gasteiger partial charge on any atom is -0.368 e. The summed E-state index contributed by atoms with van der Waals surface area (Å²) in [5.74, 6) is 0. The number of urea groups is 1. The second kappa shape index (κ2) is 7.22. The molecular weight excluding hydrogens is 348 g/mol. The minimum atomic E-state index is -0.0843. The highest BCUT2D eigenvalue weighted by Crippen LogP contribution is 2.22. The molecule has 0 radical (unpaired) electrons. The molecule has 0 aliphatic carbocycles. The maximum atomic E-state index is 12.7. The van der Waals surface area contributed by atoms with E-state index in [0.717, 1.165) is 40.4 Å². The summed E-state index contributed by atoms with van der Waals surface area (Å²) in [5.41, 5.74) is 2.68. The van der Waals surface area contributed by atoms with Gasteiger partial charge in [0.15, 0.2) is 0 Å². The quantitative estimate of drug-likeness (QED) is 0.737. The normalized spacial score (nSPS) is 14.5. The Morgan fingerprint density at radius 1 is 0.962 bits per heavy atom. The van der Waals surface area contributed by atoms with Crippen LogP contribution in [-0.2, 0) is 0 Å². The van der Waals surface area contributed by atoms with Gasteiger partial charge in [-0.1, -0.05) is 29.8 Å². The Labute approximate surface area is 157 Å². The molecule has 0 atom stereocenters. The van der Waals surface area contributed by atoms with Crippen LogP contribution in [0.2, 0.25) is 5.02 Å². The smallest absolute Gasteiger partial charge is 0.322 e. The fourth-order valence-electron chi connectivity index (χ4n) is 3.22. The Hall–Kier alpha value is -2.79. The van der Waals surface area contributed by atoms with Crippen LogP contribution in [0, 0.1) is 0 Å². The fourth-order valence-corrected chi connectivity index (χ4v) is 3.34. The highest BCUT2D eigenvalue weighted by Gasteiger charge is 2.21. The number of aromatic nitrogens is 1. The lowest BCUT2D eigenvalue weighted by molar-refractivity contribution is 0.208. The van der Waals surface area contributed by atoms with Crippen molar-refractivity contribution in [2.45, 2.75) is 0 Å². The van der Waals surface area contributed by atoms with Crippen molar-refractivity contribution in [2.24, 2.45) is 0 Å². The van der Waals surface area contributed by atoms with Crippen LogP contribution in [0.25, 0.3) is 10.9 Å². The van der Waals surface area contributed by atoms with E-state index >= 15 is 0 Å². The molecule has 1 aliphatic rings. The van der Waals surface area contributed by atoms with Crippen molar-refractivity contribution in [1.29, 1.82) is 0 Å². The fraction of sp³-hybridized carbons (Fsp3) is 0.200. The molecule has 1 N–H and O–H groups in total. The van der Waals surface area contributed by atoms with E-state index in [1.165, 1.54) is 0 Å². The monoisotopic (exact) mass is 366 g/mol. The number of carbonyl (C=O) groups excluding carboxylic acids is 1. The van der Waals surface area contributed by atoms with Crippen LogP contribution in [0.15, 0.2) is 60.8 Å². The standard InChI is InChI=1S/C20H19ClN4O/c21-16-6-8-17(9-7-16)24-11-13-25(14-12-24)20(26)23-18-5-1-3-15-4-2-10-22-19(15)18/h1-10H,11-14H2,(H,23,26). The molecule has 6 heteroatoms. The summed E-state index contributed by atoms with van der Waals surface area (Å²) in [4.78, 5) is 21.1. The zero-order valence-electron chi connectivity index (χ0n) is 14.2. The third-order valence-electron chi connectivity index (χ3n) is 4.63. The molecule has 2 heterocycles. The van der Waals surface area contributed by atoms with E-state index in [2.05, 4.69) is 15.2 Å². The third-order valence-corrected chi connectivity index (χ3v) is 4.88. The van der Waals surface area contributed by atoms with Crippen molar-refractivity contribution in [3.05, 3.63) is 65.8 Å². The first-order valence-electron chi connectivity index (χ1n) is 8.61. The Bertz CT molecular complexity index is 915. The van der Waals surface area contributed by atoms with Crippen LogP contribution in [0.3, 0.4) is 0 Å². The third kappa shape index (κ3) is 3.44. The van der Waals surface area contributed by atoms with Gasteiger partial charge in [0.1, 0.15) is 0 Å². The summed E-state index contributed by atoms with van der Waals surface area (Å²) in [5, 5.41) is 4.75. The van der Waals surface area contributed by atoms with E-state index in [0.29, 0.717) is 13.1 Å². The summed E-state index contributed by atoms with van der Waals surface area (Å²) < 4.78 is 0. The van der Waals surface area contributed by atoms with E-state index in [-0.39, 0.29) is 6.03 Å². The summed E-state index contributed by atoms with van der Waals surface area (Å²) in [7, 11) is 0. The maximum absolute atomic E-state index is 12.7. The number of nitrogens with one attached hydrogen (secondary N) is 1. The average molecular weight is 367 g/mol. The number of nitrogens with zero attached hydrogens (tertiary/aromatic N) is 3. The number of benzene rings is 2. The number of hydrogen-bond acceptors (Lipinski definition) is 3. The Morgan fingerprint density at radius 3 is 2.46 bits per heavy atom. The summed E-state index contributed by atoms with van der Waals surface area (Å²) in [6, 6.07) is 17.4. The molecule has 132 valence electrons. The topological polar surface area (TPSA) is 48.5 Å². The molecule has 5 nitrogen and oxygen atoms in total. The van der Waals surface area contributed by atoms with Gasteiger partial charge in [-0.25, -0.2) is 4.79 Å². The van der Waals surface area contributed by atoms with E-state index in [1.807, 2.05) is 59.5 Å². The van der Waals surface area contributed by atoms with Crippen molar-refractivity contribution in [2.75, 3.05) is 36.4 Å². The lowest BCUT2D eigenvalue weighted by Gasteiger charge is -2.36. The molecule has 1 saturated heterocycles. The average Bonchev–Trinajstić information content (AvgIpc) is 2.69. The van der Waals surface area contributed by atoms with Crippen LogP contribution in [0.1, 0.15) is 0 Å². The molecule has 2 amide bonds. The first kappa shape index (κ1) is 16.7. The number of amides is 2. The first-order chi connectivity index (χ1) is 12.7. The molecule has 0 saturated carbocycles. The molecule has 1 fully saturated rings. The van der Waals surface area contributed by atoms with Crippen LogP contribution in [0.4, 0.5) is 16.2 Å². The van der Waals surface area contributed by atoms with E-state index < -0.39 is 0 Å². The predicted octanol–water partition coefficient (Wildman–Crippen LogP) is 4.24. The highest BCUT2D eigenvalue weighted by molar-refractivity contribution is 6.30. The number of piperazine rings is 1. The van der Waals surface area contributed by atoms with Crippen molar-refractivity contribution in [1.82, 2.24) is 9.88 Å². The Kier molecular flexibility index (Phi) is 4.63. The zero-order valence-corrected chi connectivity index (χ0v) is 15.0. The number of hydrogen-bond donors (Lipinski definition) is 1. The van der Waals surface area contributed by atoms with Crippen LogP contribution >= 0.6 is 11.6 Å². The van der Waals surface area contributed by atoms with E-state index in [4.69, 9.17) is 11.6 Å². The lowest BCUT2D eigenvalue weighted by Crippen LogP contribution is -2.50. The molecule has 2 aromatic carbocycles. The molecule has 0 bridgehead atoms. The van der Waals surface area contributed by atoms with Crippen LogP contribution in [-0.4, -0.2) is 42.1 Å². The minimum absolute atomic E-state index is 0.0843. The largest absolute Gasteiger partial charge is 0.368 e. The van der Waals surface area contributed by atoms with Crippen molar-refractivity contribution in [3.8, 4) is 0 Å². The maximum Gasteiger partial charge on any atom is 0.322 e. The molecule has 4 rings (SSSR count). The van der Waals surface area contributed by atoms with E-state index in [1.54, 1.807) is 6.20 Å². The SMILES string of the molecule is O=C(Nc1cccc2cccnc12)N1CCN(c2ccc(Cl)cc2)CC1. The molecule has 26 heavy (non-hydrogen) atoms. The number of rotatable bonds is 2. The predicted molar refractivity (Wildman–Crippen MR) is 106 cm³/mol. The van der Waals surface area contributed by atoms with Gasteiger partial charge in [0, 0.05) is 48.5 Å². The molecule has 0 unspecified atom stereocenters. The summed E-state index contributed by atoms with van der Waals surface area (Å²) >= 11 is 5.95. The number of halogens is 1. The first-order valence-corrected chi connectivity index (χ1v) is 8.99. The Morgan fingerprint density at radius 2 is 1.69 bits per heavy atom. The van der Waals surface area contributed by atoms with Crippen LogP contribution in [0.5, 0.6) is 0 Å². The van der Waals surface area contributed by atoms with Gasteiger partial charge < -0.3 is 15.1 Å². The van der Waals surface area contributed by atoms with Gasteiger partial charge >= 0.3 is 6.03 Å². The van der Waals surface area contributed by atoms with Gasteiger partial charge in [-0.15, -0.1) is 0 Å². The van der Waals surface area contributed by atoms with Crippen molar-refractivity contribution >= 4 is 39.9 Å². The lowest BCUT2D eigenvalue weighted by atomic mass is 10.2. The zero-order chi connectivity index (χ0) is 17.9. The number of carbonyl (C=O) groups is 1. The number of pyridine rings is 1. The second-order valence-corrected chi connectivity index (χ2v) is 6.70. The molecule has 1 aliphatic heterocycles. The Balaban J connectivity index is 1.41. The number of anilines is 2. The molecule has 0 spiro atoms. The second-order valence-electron chi connectivity index (χ2n) is 6.26. The summed E-state index contributed by atoms with van der Waals surface area (Å²) in [6.45, 7) is 2.94. The highest BCUT2D eigenvalue weighted by atomic mass is 35.5. The van der Waals surface area contributed by atoms with Gasteiger partial charge in [-0.05, 0) is 36.4 Å². The molecular formula is C20H19ClN4O.